The fourth-order valence-electron chi connectivity index (χ4n) is 2.56. The first kappa shape index (κ1) is 12.4. The van der Waals surface area contributed by atoms with Crippen LogP contribution < -0.4 is 5.73 Å². The molecule has 0 saturated carbocycles. The molecule has 3 rings (SSSR count). The minimum Gasteiger partial charge on any atom is -0.319 e. The van der Waals surface area contributed by atoms with Gasteiger partial charge in [0.05, 0.1) is 6.04 Å². The lowest BCUT2D eigenvalue weighted by atomic mass is 9.99. The number of hydrogen-bond donors (Lipinski definition) is 1. The fraction of sp³-hybridized carbons (Fsp3) is 0.467. The van der Waals surface area contributed by atoms with Crippen LogP contribution in [0.4, 0.5) is 0 Å². The van der Waals surface area contributed by atoms with Crippen molar-refractivity contribution in [2.24, 2.45) is 5.73 Å². The van der Waals surface area contributed by atoms with E-state index in [-0.39, 0.29) is 6.04 Å². The van der Waals surface area contributed by atoms with E-state index in [1.165, 1.54) is 40.3 Å². The Hall–Kier alpha value is -0.640. The summed E-state index contributed by atoms with van der Waals surface area (Å²) >= 11 is 3.80. The maximum atomic E-state index is 6.42. The Kier molecular flexibility index (Phi) is 3.55. The maximum Gasteiger partial charge on any atom is 0.0740 e. The van der Waals surface area contributed by atoms with Gasteiger partial charge in [-0.15, -0.1) is 22.7 Å². The van der Waals surface area contributed by atoms with E-state index in [9.17, 15) is 0 Å². The van der Waals surface area contributed by atoms with E-state index in [4.69, 9.17) is 5.73 Å². The van der Waals surface area contributed by atoms with Gasteiger partial charge in [-0.2, -0.15) is 0 Å². The van der Waals surface area contributed by atoms with Gasteiger partial charge in [-0.1, -0.05) is 6.92 Å². The van der Waals surface area contributed by atoms with Crippen LogP contribution in [0, 0.1) is 0 Å². The molecule has 0 bridgehead atoms. The molecule has 0 saturated heterocycles. The second kappa shape index (κ2) is 5.16. The molecule has 18 heavy (non-hydrogen) atoms. The van der Waals surface area contributed by atoms with Gasteiger partial charge in [0.25, 0.3) is 0 Å². The zero-order chi connectivity index (χ0) is 12.5. The predicted octanol–water partition coefficient (Wildman–Crippen LogP) is 4.30. The van der Waals surface area contributed by atoms with Crippen molar-refractivity contribution in [2.45, 2.75) is 45.1 Å². The van der Waals surface area contributed by atoms with Crippen LogP contribution >= 0.6 is 22.7 Å². The summed E-state index contributed by atoms with van der Waals surface area (Å²) in [5.74, 6) is 0. The van der Waals surface area contributed by atoms with E-state index in [2.05, 4.69) is 25.1 Å². The van der Waals surface area contributed by atoms with Crippen LogP contribution in [0.25, 0.3) is 0 Å². The van der Waals surface area contributed by atoms with Gasteiger partial charge < -0.3 is 5.73 Å². The summed E-state index contributed by atoms with van der Waals surface area (Å²) < 4.78 is 0. The molecule has 1 unspecified atom stereocenters. The zero-order valence-electron chi connectivity index (χ0n) is 10.7. The highest BCUT2D eigenvalue weighted by atomic mass is 32.1. The Balaban J connectivity index is 1.87. The van der Waals surface area contributed by atoms with Gasteiger partial charge >= 0.3 is 0 Å². The van der Waals surface area contributed by atoms with Gasteiger partial charge in [0.1, 0.15) is 0 Å². The molecule has 3 heteroatoms. The number of nitrogens with two attached hydrogens (primary N) is 1. The first-order chi connectivity index (χ1) is 8.78. The van der Waals surface area contributed by atoms with Gasteiger partial charge in [-0.3, -0.25) is 0 Å². The molecule has 2 N–H and O–H groups in total. The van der Waals surface area contributed by atoms with Gasteiger partial charge in [-0.25, -0.2) is 0 Å². The average Bonchev–Trinajstić information content (AvgIpc) is 3.04. The van der Waals surface area contributed by atoms with Crippen LogP contribution in [-0.2, 0) is 19.3 Å². The van der Waals surface area contributed by atoms with Crippen molar-refractivity contribution in [3.63, 3.8) is 0 Å². The van der Waals surface area contributed by atoms with Gasteiger partial charge in [0.15, 0.2) is 0 Å². The fourth-order valence-corrected chi connectivity index (χ4v) is 4.88. The predicted molar refractivity (Wildman–Crippen MR) is 80.7 cm³/mol. The highest BCUT2D eigenvalue weighted by Gasteiger charge is 2.18. The molecule has 0 spiro atoms. The molecule has 0 aromatic carbocycles. The first-order valence-electron chi connectivity index (χ1n) is 6.73. The maximum absolute atomic E-state index is 6.42. The topological polar surface area (TPSA) is 26.0 Å². The van der Waals surface area contributed by atoms with Crippen molar-refractivity contribution in [1.82, 2.24) is 0 Å². The quantitative estimate of drug-likeness (QED) is 0.889. The Morgan fingerprint density at radius 1 is 1.17 bits per heavy atom. The molecule has 2 aromatic rings. The molecular weight excluding hydrogens is 258 g/mol. The van der Waals surface area contributed by atoms with Gasteiger partial charge in [0, 0.05) is 19.5 Å². The van der Waals surface area contributed by atoms with Crippen molar-refractivity contribution in [1.29, 1.82) is 0 Å². The highest BCUT2D eigenvalue weighted by Crippen LogP contribution is 2.36. The lowest BCUT2D eigenvalue weighted by Crippen LogP contribution is -2.08. The summed E-state index contributed by atoms with van der Waals surface area (Å²) in [7, 11) is 0. The van der Waals surface area contributed by atoms with Crippen LogP contribution in [0.1, 0.15) is 50.9 Å². The molecule has 1 aliphatic rings. The summed E-state index contributed by atoms with van der Waals surface area (Å²) in [6.07, 6.45) is 6.32. The van der Waals surface area contributed by atoms with E-state index in [1.54, 1.807) is 10.4 Å². The van der Waals surface area contributed by atoms with Crippen molar-refractivity contribution in [2.75, 3.05) is 0 Å². The molecule has 1 atom stereocenters. The second-order valence-electron chi connectivity index (χ2n) is 4.94. The molecule has 0 fully saturated rings. The van der Waals surface area contributed by atoms with Crippen LogP contribution in [0.3, 0.4) is 0 Å². The van der Waals surface area contributed by atoms with Crippen LogP contribution in [0.2, 0.25) is 0 Å². The SMILES string of the molecule is CCc1ccc(C(N)c2cc3c(s2)CCCC3)s1. The van der Waals surface area contributed by atoms with Gasteiger partial charge in [0.2, 0.25) is 0 Å². The highest BCUT2D eigenvalue weighted by molar-refractivity contribution is 7.13. The third-order valence-corrected chi connectivity index (χ3v) is 6.29. The van der Waals surface area contributed by atoms with Crippen molar-refractivity contribution in [3.05, 3.63) is 43.3 Å². The first-order valence-corrected chi connectivity index (χ1v) is 8.37. The summed E-state index contributed by atoms with van der Waals surface area (Å²) in [5.41, 5.74) is 7.98. The Labute approximate surface area is 117 Å². The smallest absolute Gasteiger partial charge is 0.0740 e. The van der Waals surface area contributed by atoms with Crippen LogP contribution in [0.15, 0.2) is 18.2 Å². The molecule has 0 radical (unpaired) electrons. The normalized spacial score (nSPS) is 16.6. The standard InChI is InChI=1S/C15H19NS2/c1-2-11-7-8-13(17-11)15(16)14-9-10-5-3-4-6-12(10)18-14/h7-9,15H,2-6,16H2,1H3. The van der Waals surface area contributed by atoms with Gasteiger partial charge in [-0.05, 0) is 55.9 Å². The minimum atomic E-state index is 0.0888. The van der Waals surface area contributed by atoms with E-state index >= 15 is 0 Å². The average molecular weight is 277 g/mol. The summed E-state index contributed by atoms with van der Waals surface area (Å²) in [6.45, 7) is 2.20. The lowest BCUT2D eigenvalue weighted by molar-refractivity contribution is 0.696. The zero-order valence-corrected chi connectivity index (χ0v) is 12.4. The third-order valence-electron chi connectivity index (χ3n) is 3.66. The monoisotopic (exact) mass is 277 g/mol. The number of fused-ring (bicyclic) bond motifs is 1. The molecule has 1 aliphatic carbocycles. The van der Waals surface area contributed by atoms with Crippen molar-refractivity contribution >= 4 is 22.7 Å². The van der Waals surface area contributed by atoms with E-state index in [0.717, 1.165) is 6.42 Å². The molecule has 2 heterocycles. The summed E-state index contributed by atoms with van der Waals surface area (Å²) in [5, 5.41) is 0. The Bertz CT molecular complexity index is 515. The minimum absolute atomic E-state index is 0.0888. The lowest BCUT2D eigenvalue weighted by Gasteiger charge is -2.08. The van der Waals surface area contributed by atoms with E-state index in [1.807, 2.05) is 22.7 Å². The molecule has 0 amide bonds. The summed E-state index contributed by atoms with van der Waals surface area (Å²) in [4.78, 5) is 5.68. The molecule has 2 aromatic heterocycles. The largest absolute Gasteiger partial charge is 0.319 e. The van der Waals surface area contributed by atoms with Crippen LogP contribution in [0.5, 0.6) is 0 Å². The Morgan fingerprint density at radius 2 is 2.00 bits per heavy atom. The number of rotatable bonds is 3. The third kappa shape index (κ3) is 2.27. The Morgan fingerprint density at radius 3 is 2.72 bits per heavy atom. The second-order valence-corrected chi connectivity index (χ2v) is 7.31. The number of aryl methyl sites for hydroxylation is 3. The van der Waals surface area contributed by atoms with Crippen molar-refractivity contribution < 1.29 is 0 Å². The molecular formula is C15H19NS2. The molecule has 0 aliphatic heterocycles. The number of hydrogen-bond acceptors (Lipinski definition) is 3. The number of thiophene rings is 2. The van der Waals surface area contributed by atoms with E-state index in [0.29, 0.717) is 0 Å². The van der Waals surface area contributed by atoms with Crippen LogP contribution in [-0.4, -0.2) is 0 Å². The summed E-state index contributed by atoms with van der Waals surface area (Å²) in [6, 6.07) is 6.86. The van der Waals surface area contributed by atoms with Crippen molar-refractivity contribution in [3.8, 4) is 0 Å². The molecule has 1 nitrogen and oxygen atoms in total. The molecule has 96 valence electrons. The van der Waals surface area contributed by atoms with E-state index < -0.39 is 0 Å².